The first-order valence-corrected chi connectivity index (χ1v) is 9.04. The first-order valence-electron chi connectivity index (χ1n) is 9.04. The van der Waals surface area contributed by atoms with E-state index in [9.17, 15) is 14.0 Å². The van der Waals surface area contributed by atoms with Crippen molar-refractivity contribution in [1.29, 1.82) is 0 Å². The van der Waals surface area contributed by atoms with Crippen LogP contribution in [0.3, 0.4) is 0 Å². The fourth-order valence-corrected chi connectivity index (χ4v) is 4.22. The van der Waals surface area contributed by atoms with Crippen molar-refractivity contribution in [3.63, 3.8) is 0 Å². The standard InChI is InChI=1S/C21H21FN2O2/c22-15-9-7-14(8-10-15)21(11-3-4-12-21)24-19(25)13-18-16-5-1-2-6-17(16)20(26)23-18/h1-2,5-10,18H,3-4,11-13H2,(H,23,26)(H,24,25)/t18-/m0/s1. The molecule has 5 heteroatoms. The van der Waals surface area contributed by atoms with E-state index in [0.29, 0.717) is 5.56 Å². The fourth-order valence-electron chi connectivity index (χ4n) is 4.22. The van der Waals surface area contributed by atoms with Gasteiger partial charge in [-0.3, -0.25) is 9.59 Å². The number of hydrogen-bond donors (Lipinski definition) is 2. The summed E-state index contributed by atoms with van der Waals surface area (Å²) >= 11 is 0. The van der Waals surface area contributed by atoms with E-state index in [-0.39, 0.29) is 30.1 Å². The van der Waals surface area contributed by atoms with Gasteiger partial charge >= 0.3 is 0 Å². The van der Waals surface area contributed by atoms with Gasteiger partial charge in [-0.25, -0.2) is 4.39 Å². The quantitative estimate of drug-likeness (QED) is 0.883. The Morgan fingerprint density at radius 3 is 2.54 bits per heavy atom. The van der Waals surface area contributed by atoms with Crippen LogP contribution < -0.4 is 10.6 Å². The average Bonchev–Trinajstić information content (AvgIpc) is 3.22. The monoisotopic (exact) mass is 352 g/mol. The van der Waals surface area contributed by atoms with E-state index in [1.54, 1.807) is 18.2 Å². The van der Waals surface area contributed by atoms with Gasteiger partial charge in [-0.2, -0.15) is 0 Å². The maximum absolute atomic E-state index is 13.3. The first-order chi connectivity index (χ1) is 12.6. The molecule has 26 heavy (non-hydrogen) atoms. The third kappa shape index (κ3) is 2.98. The Morgan fingerprint density at radius 2 is 1.81 bits per heavy atom. The Labute approximate surface area is 151 Å². The molecule has 2 N–H and O–H groups in total. The van der Waals surface area contributed by atoms with Crippen molar-refractivity contribution in [3.05, 3.63) is 71.0 Å². The zero-order valence-electron chi connectivity index (χ0n) is 14.4. The Hall–Kier alpha value is -2.69. The fraction of sp³-hybridized carbons (Fsp3) is 0.333. The highest BCUT2D eigenvalue weighted by atomic mass is 19.1. The van der Waals surface area contributed by atoms with Gasteiger partial charge in [0, 0.05) is 5.56 Å². The van der Waals surface area contributed by atoms with Crippen LogP contribution in [-0.4, -0.2) is 11.8 Å². The Balaban J connectivity index is 1.52. The van der Waals surface area contributed by atoms with Gasteiger partial charge in [0.2, 0.25) is 5.91 Å². The molecule has 0 spiro atoms. The van der Waals surface area contributed by atoms with Gasteiger partial charge in [0.05, 0.1) is 18.0 Å². The third-order valence-electron chi connectivity index (χ3n) is 5.51. The van der Waals surface area contributed by atoms with Crippen LogP contribution in [0.5, 0.6) is 0 Å². The van der Waals surface area contributed by atoms with Gasteiger partial charge in [0.25, 0.3) is 5.91 Å². The number of carbonyl (C=O) groups excluding carboxylic acids is 2. The highest BCUT2D eigenvalue weighted by Crippen LogP contribution is 2.39. The normalized spacial score (nSPS) is 20.5. The van der Waals surface area contributed by atoms with Crippen LogP contribution >= 0.6 is 0 Å². The summed E-state index contributed by atoms with van der Waals surface area (Å²) in [4.78, 5) is 24.8. The summed E-state index contributed by atoms with van der Waals surface area (Å²) in [6.45, 7) is 0. The molecule has 2 aliphatic rings. The van der Waals surface area contributed by atoms with Crippen LogP contribution in [0.2, 0.25) is 0 Å². The van der Waals surface area contributed by atoms with Crippen molar-refractivity contribution in [1.82, 2.24) is 10.6 Å². The van der Waals surface area contributed by atoms with Crippen LogP contribution in [0.15, 0.2) is 48.5 Å². The highest BCUT2D eigenvalue weighted by Gasteiger charge is 2.38. The molecule has 1 fully saturated rings. The lowest BCUT2D eigenvalue weighted by atomic mass is 9.87. The van der Waals surface area contributed by atoms with Gasteiger partial charge in [-0.05, 0) is 42.2 Å². The molecule has 0 saturated heterocycles. The van der Waals surface area contributed by atoms with Crippen molar-refractivity contribution in [2.45, 2.75) is 43.7 Å². The van der Waals surface area contributed by atoms with E-state index >= 15 is 0 Å². The summed E-state index contributed by atoms with van der Waals surface area (Å²) in [5, 5.41) is 6.07. The molecular formula is C21H21FN2O2. The molecule has 4 rings (SSSR count). The largest absolute Gasteiger partial charge is 0.347 e. The van der Waals surface area contributed by atoms with E-state index in [1.807, 2.05) is 18.2 Å². The molecule has 2 aromatic carbocycles. The molecule has 1 atom stereocenters. The second-order valence-corrected chi connectivity index (χ2v) is 7.16. The first kappa shape index (κ1) is 16.8. The molecule has 4 nitrogen and oxygen atoms in total. The van der Waals surface area contributed by atoms with E-state index in [4.69, 9.17) is 0 Å². The maximum Gasteiger partial charge on any atom is 0.252 e. The SMILES string of the molecule is O=C(C[C@@H]1NC(=O)c2ccccc21)NC1(c2ccc(F)cc2)CCCC1. The zero-order valence-corrected chi connectivity index (χ0v) is 14.4. The van der Waals surface area contributed by atoms with Crippen molar-refractivity contribution >= 4 is 11.8 Å². The summed E-state index contributed by atoms with van der Waals surface area (Å²) in [5.41, 5.74) is 2.02. The second-order valence-electron chi connectivity index (χ2n) is 7.16. The highest BCUT2D eigenvalue weighted by molar-refractivity contribution is 5.99. The van der Waals surface area contributed by atoms with Crippen molar-refractivity contribution in [2.24, 2.45) is 0 Å². The molecule has 1 aliphatic carbocycles. The predicted octanol–water partition coefficient (Wildman–Crippen LogP) is 3.59. The third-order valence-corrected chi connectivity index (χ3v) is 5.51. The van der Waals surface area contributed by atoms with E-state index in [2.05, 4.69) is 10.6 Å². The number of halogens is 1. The molecule has 1 heterocycles. The van der Waals surface area contributed by atoms with Crippen LogP contribution in [-0.2, 0) is 10.3 Å². The average molecular weight is 352 g/mol. The molecule has 2 aromatic rings. The lowest BCUT2D eigenvalue weighted by Crippen LogP contribution is -2.44. The van der Waals surface area contributed by atoms with Crippen LogP contribution in [0.25, 0.3) is 0 Å². The minimum absolute atomic E-state index is 0.0989. The van der Waals surface area contributed by atoms with Gasteiger partial charge in [0.15, 0.2) is 0 Å². The summed E-state index contributed by atoms with van der Waals surface area (Å²) in [5.74, 6) is -0.510. The smallest absolute Gasteiger partial charge is 0.252 e. The molecular weight excluding hydrogens is 331 g/mol. The molecule has 0 aromatic heterocycles. The van der Waals surface area contributed by atoms with Crippen LogP contribution in [0, 0.1) is 5.82 Å². The molecule has 134 valence electrons. The summed E-state index contributed by atoms with van der Waals surface area (Å²) in [7, 11) is 0. The van der Waals surface area contributed by atoms with Crippen molar-refractivity contribution in [3.8, 4) is 0 Å². The minimum atomic E-state index is -0.438. The topological polar surface area (TPSA) is 58.2 Å². The second kappa shape index (κ2) is 6.56. The summed E-state index contributed by atoms with van der Waals surface area (Å²) < 4.78 is 13.3. The summed E-state index contributed by atoms with van der Waals surface area (Å²) in [6.07, 6.45) is 3.95. The lowest BCUT2D eigenvalue weighted by Gasteiger charge is -2.31. The number of fused-ring (bicyclic) bond motifs is 1. The Morgan fingerprint density at radius 1 is 1.12 bits per heavy atom. The Kier molecular flexibility index (Phi) is 4.23. The van der Waals surface area contributed by atoms with Crippen LogP contribution in [0.4, 0.5) is 4.39 Å². The summed E-state index contributed by atoms with van der Waals surface area (Å²) in [6, 6.07) is 13.5. The van der Waals surface area contributed by atoms with Gasteiger partial charge in [-0.15, -0.1) is 0 Å². The number of nitrogens with one attached hydrogen (secondary N) is 2. The lowest BCUT2D eigenvalue weighted by molar-refractivity contribution is -0.123. The molecule has 1 aliphatic heterocycles. The van der Waals surface area contributed by atoms with Gasteiger partial charge in [0.1, 0.15) is 5.82 Å². The van der Waals surface area contributed by atoms with E-state index < -0.39 is 5.54 Å². The number of amides is 2. The molecule has 0 radical (unpaired) electrons. The molecule has 2 amide bonds. The van der Waals surface area contributed by atoms with Gasteiger partial charge in [-0.1, -0.05) is 43.2 Å². The molecule has 1 saturated carbocycles. The number of carbonyl (C=O) groups is 2. The van der Waals surface area contributed by atoms with E-state index in [1.165, 1.54) is 12.1 Å². The van der Waals surface area contributed by atoms with Crippen molar-refractivity contribution in [2.75, 3.05) is 0 Å². The zero-order chi connectivity index (χ0) is 18.1. The van der Waals surface area contributed by atoms with Crippen LogP contribution in [0.1, 0.15) is 59.6 Å². The van der Waals surface area contributed by atoms with Crippen molar-refractivity contribution < 1.29 is 14.0 Å². The Bertz CT molecular complexity index is 841. The van der Waals surface area contributed by atoms with Gasteiger partial charge < -0.3 is 10.6 Å². The maximum atomic E-state index is 13.3. The molecule has 0 bridgehead atoms. The predicted molar refractivity (Wildman–Crippen MR) is 96.0 cm³/mol. The minimum Gasteiger partial charge on any atom is -0.347 e. The molecule has 0 unspecified atom stereocenters. The number of rotatable bonds is 4. The van der Waals surface area contributed by atoms with E-state index in [0.717, 1.165) is 36.8 Å². The number of benzene rings is 2. The number of hydrogen-bond acceptors (Lipinski definition) is 2.